The molecular weight excluding hydrogens is 324 g/mol. The number of rotatable bonds is 4. The lowest BCUT2D eigenvalue weighted by atomic mass is 10.1. The van der Waals surface area contributed by atoms with Crippen molar-refractivity contribution in [2.45, 2.75) is 20.4 Å². The third-order valence-electron chi connectivity index (χ3n) is 4.65. The molecule has 2 aromatic heterocycles. The van der Waals surface area contributed by atoms with Crippen LogP contribution in [-0.4, -0.2) is 20.7 Å². The van der Waals surface area contributed by atoms with E-state index in [0.717, 1.165) is 22.2 Å². The van der Waals surface area contributed by atoms with Crippen LogP contribution in [0.3, 0.4) is 0 Å². The van der Waals surface area contributed by atoms with Crippen LogP contribution in [-0.2, 0) is 6.54 Å². The van der Waals surface area contributed by atoms with Gasteiger partial charge < -0.3 is 10.3 Å². The number of aryl methyl sites for hydroxylation is 2. The number of amides is 1. The van der Waals surface area contributed by atoms with Crippen molar-refractivity contribution in [1.29, 1.82) is 0 Å². The molecule has 26 heavy (non-hydrogen) atoms. The smallest absolute Gasteiger partial charge is 0.255 e. The number of aromatic amines is 1. The summed E-state index contributed by atoms with van der Waals surface area (Å²) in [4.78, 5) is 15.9. The molecule has 5 nitrogen and oxygen atoms in total. The molecule has 0 bridgehead atoms. The molecule has 0 aliphatic rings. The number of hydrogen-bond acceptors (Lipinski definition) is 2. The third kappa shape index (κ3) is 3.11. The zero-order chi connectivity index (χ0) is 18.1. The van der Waals surface area contributed by atoms with Crippen molar-refractivity contribution >= 4 is 22.5 Å². The van der Waals surface area contributed by atoms with Crippen molar-refractivity contribution in [2.24, 2.45) is 0 Å². The molecule has 4 rings (SSSR count). The fourth-order valence-corrected chi connectivity index (χ4v) is 3.09. The molecular formula is C21H20N4O. The van der Waals surface area contributed by atoms with E-state index in [1.807, 2.05) is 54.2 Å². The summed E-state index contributed by atoms with van der Waals surface area (Å²) in [6, 6.07) is 15.8. The van der Waals surface area contributed by atoms with Gasteiger partial charge in [0.05, 0.1) is 18.4 Å². The molecule has 0 saturated carbocycles. The van der Waals surface area contributed by atoms with Crippen molar-refractivity contribution in [2.75, 3.05) is 5.32 Å². The number of carbonyl (C=O) groups is 1. The van der Waals surface area contributed by atoms with E-state index < -0.39 is 0 Å². The van der Waals surface area contributed by atoms with E-state index in [9.17, 15) is 4.79 Å². The number of fused-ring (bicyclic) bond motifs is 1. The van der Waals surface area contributed by atoms with E-state index in [2.05, 4.69) is 34.5 Å². The van der Waals surface area contributed by atoms with Crippen molar-refractivity contribution in [3.05, 3.63) is 83.3 Å². The van der Waals surface area contributed by atoms with Gasteiger partial charge in [0.2, 0.25) is 0 Å². The van der Waals surface area contributed by atoms with E-state index in [0.29, 0.717) is 17.8 Å². The standard InChI is InChI=1S/C21H20N4O/c1-14-15(2)23-20-9-8-17(10-19(14)20)21(26)24-18-11-22-25(13-18)12-16-6-4-3-5-7-16/h3-11,13,23H,12H2,1-2H3,(H,24,26). The summed E-state index contributed by atoms with van der Waals surface area (Å²) in [5.41, 5.74) is 5.83. The number of nitrogens with zero attached hydrogens (tertiary/aromatic N) is 2. The molecule has 0 unspecified atom stereocenters. The first-order chi connectivity index (χ1) is 12.6. The Hall–Kier alpha value is -3.34. The maximum Gasteiger partial charge on any atom is 0.255 e. The summed E-state index contributed by atoms with van der Waals surface area (Å²) >= 11 is 0. The highest BCUT2D eigenvalue weighted by molar-refractivity contribution is 6.06. The van der Waals surface area contributed by atoms with E-state index in [4.69, 9.17) is 0 Å². The van der Waals surface area contributed by atoms with Crippen LogP contribution in [0.2, 0.25) is 0 Å². The summed E-state index contributed by atoms with van der Waals surface area (Å²) in [5, 5.41) is 8.32. The Morgan fingerprint density at radius 1 is 1.15 bits per heavy atom. The third-order valence-corrected chi connectivity index (χ3v) is 4.65. The van der Waals surface area contributed by atoms with Gasteiger partial charge in [-0.3, -0.25) is 9.48 Å². The number of benzene rings is 2. The highest BCUT2D eigenvalue weighted by Gasteiger charge is 2.11. The molecule has 5 heteroatoms. The van der Waals surface area contributed by atoms with Crippen molar-refractivity contribution in [1.82, 2.24) is 14.8 Å². The summed E-state index contributed by atoms with van der Waals surface area (Å²) in [6.07, 6.45) is 3.51. The Morgan fingerprint density at radius 2 is 1.96 bits per heavy atom. The Labute approximate surface area is 151 Å². The Kier molecular flexibility index (Phi) is 4.05. The van der Waals surface area contributed by atoms with Crippen LogP contribution in [0, 0.1) is 13.8 Å². The van der Waals surface area contributed by atoms with Crippen LogP contribution >= 0.6 is 0 Å². The molecule has 0 fully saturated rings. The summed E-state index contributed by atoms with van der Waals surface area (Å²) in [7, 11) is 0. The van der Waals surface area contributed by atoms with Crippen LogP contribution in [0.1, 0.15) is 27.2 Å². The van der Waals surface area contributed by atoms with Crippen molar-refractivity contribution in [3.8, 4) is 0 Å². The Bertz CT molecular complexity index is 1080. The molecule has 1 amide bonds. The van der Waals surface area contributed by atoms with Gasteiger partial charge in [-0.2, -0.15) is 5.10 Å². The summed E-state index contributed by atoms with van der Waals surface area (Å²) < 4.78 is 1.81. The van der Waals surface area contributed by atoms with Gasteiger partial charge in [-0.1, -0.05) is 30.3 Å². The van der Waals surface area contributed by atoms with Gasteiger partial charge in [0.1, 0.15) is 0 Å². The lowest BCUT2D eigenvalue weighted by Crippen LogP contribution is -2.11. The lowest BCUT2D eigenvalue weighted by molar-refractivity contribution is 0.102. The molecule has 0 atom stereocenters. The zero-order valence-corrected chi connectivity index (χ0v) is 14.8. The average Bonchev–Trinajstić information content (AvgIpc) is 3.20. The van der Waals surface area contributed by atoms with E-state index in [-0.39, 0.29) is 5.91 Å². The normalized spacial score (nSPS) is 11.0. The SMILES string of the molecule is Cc1[nH]c2ccc(C(=O)Nc3cnn(Cc4ccccc4)c3)cc2c1C. The molecule has 0 aliphatic heterocycles. The quantitative estimate of drug-likeness (QED) is 0.580. The van der Waals surface area contributed by atoms with Gasteiger partial charge in [-0.05, 0) is 43.2 Å². The second-order valence-electron chi connectivity index (χ2n) is 6.50. The predicted molar refractivity (Wildman–Crippen MR) is 103 cm³/mol. The highest BCUT2D eigenvalue weighted by Crippen LogP contribution is 2.23. The van der Waals surface area contributed by atoms with Crippen LogP contribution < -0.4 is 5.32 Å². The van der Waals surface area contributed by atoms with Gasteiger partial charge in [0.25, 0.3) is 5.91 Å². The summed E-state index contributed by atoms with van der Waals surface area (Å²) in [6.45, 7) is 4.77. The molecule has 2 heterocycles. The molecule has 2 N–H and O–H groups in total. The van der Waals surface area contributed by atoms with Crippen LogP contribution in [0.15, 0.2) is 60.9 Å². The molecule has 0 aliphatic carbocycles. The first kappa shape index (κ1) is 16.1. The van der Waals surface area contributed by atoms with Gasteiger partial charge in [-0.25, -0.2) is 0 Å². The van der Waals surface area contributed by atoms with E-state index >= 15 is 0 Å². The first-order valence-corrected chi connectivity index (χ1v) is 8.57. The molecule has 0 saturated heterocycles. The minimum Gasteiger partial charge on any atom is -0.358 e. The second-order valence-corrected chi connectivity index (χ2v) is 6.50. The topological polar surface area (TPSA) is 62.7 Å². The molecule has 0 spiro atoms. The number of nitrogens with one attached hydrogen (secondary N) is 2. The average molecular weight is 344 g/mol. The monoisotopic (exact) mass is 344 g/mol. The van der Waals surface area contributed by atoms with Crippen LogP contribution in [0.5, 0.6) is 0 Å². The second kappa shape index (κ2) is 6.52. The van der Waals surface area contributed by atoms with E-state index in [1.54, 1.807) is 6.20 Å². The zero-order valence-electron chi connectivity index (χ0n) is 14.8. The lowest BCUT2D eigenvalue weighted by Gasteiger charge is -2.04. The van der Waals surface area contributed by atoms with Crippen LogP contribution in [0.25, 0.3) is 10.9 Å². The highest BCUT2D eigenvalue weighted by atomic mass is 16.1. The number of anilines is 1. The molecule has 130 valence electrons. The predicted octanol–water partition coefficient (Wildman–Crippen LogP) is 4.28. The van der Waals surface area contributed by atoms with Crippen molar-refractivity contribution < 1.29 is 4.79 Å². The minimum absolute atomic E-state index is 0.135. The van der Waals surface area contributed by atoms with Gasteiger partial charge in [0.15, 0.2) is 0 Å². The summed E-state index contributed by atoms with van der Waals surface area (Å²) in [5.74, 6) is -0.135. The number of hydrogen-bond donors (Lipinski definition) is 2. The number of carbonyl (C=O) groups excluding carboxylic acids is 1. The Morgan fingerprint density at radius 3 is 2.77 bits per heavy atom. The first-order valence-electron chi connectivity index (χ1n) is 8.57. The van der Waals surface area contributed by atoms with Gasteiger partial charge in [-0.15, -0.1) is 0 Å². The largest absolute Gasteiger partial charge is 0.358 e. The van der Waals surface area contributed by atoms with Gasteiger partial charge in [0, 0.05) is 28.4 Å². The minimum atomic E-state index is -0.135. The number of aromatic nitrogens is 3. The fraction of sp³-hybridized carbons (Fsp3) is 0.143. The molecule has 0 radical (unpaired) electrons. The van der Waals surface area contributed by atoms with E-state index in [1.165, 1.54) is 5.56 Å². The molecule has 2 aromatic carbocycles. The maximum atomic E-state index is 12.6. The maximum absolute atomic E-state index is 12.6. The van der Waals surface area contributed by atoms with Gasteiger partial charge >= 0.3 is 0 Å². The fourth-order valence-electron chi connectivity index (χ4n) is 3.09. The van der Waals surface area contributed by atoms with Crippen LogP contribution in [0.4, 0.5) is 5.69 Å². The Balaban J connectivity index is 1.50. The molecule has 4 aromatic rings. The number of H-pyrrole nitrogens is 1. The van der Waals surface area contributed by atoms with Crippen molar-refractivity contribution in [3.63, 3.8) is 0 Å².